The summed E-state index contributed by atoms with van der Waals surface area (Å²) in [4.78, 5) is 0. The summed E-state index contributed by atoms with van der Waals surface area (Å²) in [6.07, 6.45) is 0.635. The van der Waals surface area contributed by atoms with Crippen LogP contribution in [0, 0.1) is 0 Å². The van der Waals surface area contributed by atoms with Crippen molar-refractivity contribution in [3.8, 4) is 5.75 Å². The highest BCUT2D eigenvalue weighted by molar-refractivity contribution is 6.30. The lowest BCUT2D eigenvalue weighted by atomic mass is 10.1. The minimum absolute atomic E-state index is 0.143. The van der Waals surface area contributed by atoms with Crippen LogP contribution < -0.4 is 10.1 Å². The Labute approximate surface area is 101 Å². The topological polar surface area (TPSA) is 41.5 Å². The molecule has 0 saturated heterocycles. The highest BCUT2D eigenvalue weighted by atomic mass is 35.5. The van der Waals surface area contributed by atoms with Crippen LogP contribution in [0.5, 0.6) is 5.75 Å². The second-order valence-electron chi connectivity index (χ2n) is 3.62. The van der Waals surface area contributed by atoms with E-state index in [1.807, 2.05) is 32.2 Å². The molecule has 0 bridgehead atoms. The summed E-state index contributed by atoms with van der Waals surface area (Å²) in [6, 6.07) is 5.75. The fraction of sp³-hybridized carbons (Fsp3) is 0.500. The molecule has 1 unspecified atom stereocenters. The third-order valence-corrected chi connectivity index (χ3v) is 2.67. The maximum Gasteiger partial charge on any atom is 0.124 e. The lowest BCUT2D eigenvalue weighted by Crippen LogP contribution is -2.14. The molecule has 0 fully saturated rings. The Morgan fingerprint density at radius 2 is 2.25 bits per heavy atom. The molecule has 0 aromatic heterocycles. The van der Waals surface area contributed by atoms with E-state index in [2.05, 4.69) is 5.32 Å². The average molecular weight is 244 g/mol. The third kappa shape index (κ3) is 3.67. The standard InChI is InChI=1S/C12H18ClNO2/c1-9(14-2)11-8-10(13)4-5-12(11)16-7-3-6-15/h4-5,8-9,14-15H,3,6-7H2,1-2H3. The normalized spacial score (nSPS) is 12.5. The minimum atomic E-state index is 0.143. The second kappa shape index (κ2) is 6.74. The van der Waals surface area contributed by atoms with E-state index in [0.29, 0.717) is 18.1 Å². The van der Waals surface area contributed by atoms with Gasteiger partial charge in [0, 0.05) is 29.7 Å². The van der Waals surface area contributed by atoms with Gasteiger partial charge < -0.3 is 15.2 Å². The molecule has 0 aliphatic heterocycles. The van der Waals surface area contributed by atoms with Crippen molar-refractivity contribution in [1.82, 2.24) is 5.32 Å². The van der Waals surface area contributed by atoms with Gasteiger partial charge in [0.1, 0.15) is 5.75 Å². The Morgan fingerprint density at radius 3 is 2.88 bits per heavy atom. The summed E-state index contributed by atoms with van der Waals surface area (Å²) in [7, 11) is 1.89. The van der Waals surface area contributed by atoms with Gasteiger partial charge in [-0.1, -0.05) is 11.6 Å². The maximum absolute atomic E-state index is 8.70. The van der Waals surface area contributed by atoms with E-state index in [4.69, 9.17) is 21.4 Å². The van der Waals surface area contributed by atoms with E-state index in [0.717, 1.165) is 11.3 Å². The van der Waals surface area contributed by atoms with Crippen LogP contribution in [0.3, 0.4) is 0 Å². The van der Waals surface area contributed by atoms with Gasteiger partial charge in [-0.2, -0.15) is 0 Å². The van der Waals surface area contributed by atoms with Gasteiger partial charge in [0.25, 0.3) is 0 Å². The minimum Gasteiger partial charge on any atom is -0.493 e. The molecule has 0 radical (unpaired) electrons. The molecular formula is C12H18ClNO2. The molecule has 0 aliphatic carbocycles. The van der Waals surface area contributed by atoms with Crippen LogP contribution >= 0.6 is 11.6 Å². The molecular weight excluding hydrogens is 226 g/mol. The summed E-state index contributed by atoms with van der Waals surface area (Å²) in [5.41, 5.74) is 1.04. The van der Waals surface area contributed by atoms with E-state index in [1.54, 1.807) is 0 Å². The van der Waals surface area contributed by atoms with Gasteiger partial charge >= 0.3 is 0 Å². The van der Waals surface area contributed by atoms with E-state index in [-0.39, 0.29) is 12.6 Å². The molecule has 0 heterocycles. The van der Waals surface area contributed by atoms with Crippen molar-refractivity contribution in [2.24, 2.45) is 0 Å². The first-order chi connectivity index (χ1) is 7.69. The number of hydrogen-bond acceptors (Lipinski definition) is 3. The van der Waals surface area contributed by atoms with Crippen molar-refractivity contribution >= 4 is 11.6 Å². The van der Waals surface area contributed by atoms with Gasteiger partial charge in [-0.25, -0.2) is 0 Å². The predicted molar refractivity (Wildman–Crippen MR) is 66.1 cm³/mol. The second-order valence-corrected chi connectivity index (χ2v) is 4.05. The largest absolute Gasteiger partial charge is 0.493 e. The molecule has 1 rings (SSSR count). The van der Waals surface area contributed by atoms with Crippen LogP contribution in [0.2, 0.25) is 5.02 Å². The molecule has 1 atom stereocenters. The maximum atomic E-state index is 8.70. The predicted octanol–water partition coefficient (Wildman–Crippen LogP) is 2.38. The third-order valence-electron chi connectivity index (χ3n) is 2.43. The van der Waals surface area contributed by atoms with Crippen LogP contribution in [0.15, 0.2) is 18.2 Å². The molecule has 2 N–H and O–H groups in total. The highest BCUT2D eigenvalue weighted by Crippen LogP contribution is 2.28. The summed E-state index contributed by atoms with van der Waals surface area (Å²) in [5.74, 6) is 0.819. The van der Waals surface area contributed by atoms with Crippen LogP contribution in [0.25, 0.3) is 0 Å². The number of nitrogens with one attached hydrogen (secondary N) is 1. The van der Waals surface area contributed by atoms with E-state index < -0.39 is 0 Å². The zero-order valence-electron chi connectivity index (χ0n) is 9.66. The zero-order chi connectivity index (χ0) is 12.0. The number of aliphatic hydroxyl groups is 1. The van der Waals surface area contributed by atoms with Crippen LogP contribution in [-0.2, 0) is 0 Å². The first kappa shape index (κ1) is 13.3. The van der Waals surface area contributed by atoms with Gasteiger partial charge in [-0.05, 0) is 32.2 Å². The summed E-state index contributed by atoms with van der Waals surface area (Å²) in [5, 5.41) is 12.6. The molecule has 16 heavy (non-hydrogen) atoms. The first-order valence-electron chi connectivity index (χ1n) is 5.39. The molecule has 0 aliphatic rings. The summed E-state index contributed by atoms with van der Waals surface area (Å²) in [6.45, 7) is 2.70. The van der Waals surface area contributed by atoms with Crippen molar-refractivity contribution < 1.29 is 9.84 Å². The quantitative estimate of drug-likeness (QED) is 0.754. The summed E-state index contributed by atoms with van der Waals surface area (Å²) >= 11 is 5.96. The fourth-order valence-corrected chi connectivity index (χ4v) is 1.57. The molecule has 1 aromatic carbocycles. The van der Waals surface area contributed by atoms with Gasteiger partial charge in [-0.15, -0.1) is 0 Å². The number of rotatable bonds is 6. The molecule has 90 valence electrons. The lowest BCUT2D eigenvalue weighted by molar-refractivity contribution is 0.232. The zero-order valence-corrected chi connectivity index (χ0v) is 10.4. The number of benzene rings is 1. The Bertz CT molecular complexity index is 331. The number of hydrogen-bond donors (Lipinski definition) is 2. The Kier molecular flexibility index (Phi) is 5.60. The van der Waals surface area contributed by atoms with E-state index in [1.165, 1.54) is 0 Å². The Hall–Kier alpha value is -0.770. The number of aliphatic hydroxyl groups excluding tert-OH is 1. The van der Waals surface area contributed by atoms with Gasteiger partial charge in [0.2, 0.25) is 0 Å². The highest BCUT2D eigenvalue weighted by Gasteiger charge is 2.10. The van der Waals surface area contributed by atoms with Crippen molar-refractivity contribution in [3.63, 3.8) is 0 Å². The molecule has 1 aromatic rings. The molecule has 0 saturated carbocycles. The molecule has 0 spiro atoms. The van der Waals surface area contributed by atoms with E-state index in [9.17, 15) is 0 Å². The van der Waals surface area contributed by atoms with E-state index >= 15 is 0 Å². The van der Waals surface area contributed by atoms with Gasteiger partial charge in [-0.3, -0.25) is 0 Å². The Morgan fingerprint density at radius 1 is 1.50 bits per heavy atom. The van der Waals surface area contributed by atoms with Crippen molar-refractivity contribution in [2.75, 3.05) is 20.3 Å². The van der Waals surface area contributed by atoms with Gasteiger partial charge in [0.05, 0.1) is 6.61 Å². The first-order valence-corrected chi connectivity index (χ1v) is 5.77. The monoisotopic (exact) mass is 243 g/mol. The van der Waals surface area contributed by atoms with Crippen LogP contribution in [0.1, 0.15) is 24.9 Å². The van der Waals surface area contributed by atoms with Crippen molar-refractivity contribution in [3.05, 3.63) is 28.8 Å². The smallest absolute Gasteiger partial charge is 0.124 e. The lowest BCUT2D eigenvalue weighted by Gasteiger charge is -2.16. The molecule has 0 amide bonds. The van der Waals surface area contributed by atoms with Crippen LogP contribution in [0.4, 0.5) is 0 Å². The molecule has 3 nitrogen and oxygen atoms in total. The molecule has 4 heteroatoms. The average Bonchev–Trinajstić information content (AvgIpc) is 2.30. The number of halogens is 1. The number of ether oxygens (including phenoxy) is 1. The van der Waals surface area contributed by atoms with Gasteiger partial charge in [0.15, 0.2) is 0 Å². The van der Waals surface area contributed by atoms with Crippen molar-refractivity contribution in [1.29, 1.82) is 0 Å². The van der Waals surface area contributed by atoms with Crippen LogP contribution in [-0.4, -0.2) is 25.4 Å². The Balaban J connectivity index is 2.80. The summed E-state index contributed by atoms with van der Waals surface area (Å²) < 4.78 is 5.60. The fourth-order valence-electron chi connectivity index (χ4n) is 1.39. The SMILES string of the molecule is CNC(C)c1cc(Cl)ccc1OCCCO. The van der Waals surface area contributed by atoms with Crippen molar-refractivity contribution in [2.45, 2.75) is 19.4 Å².